The smallest absolute Gasteiger partial charge is 0.164 e. The van der Waals surface area contributed by atoms with Crippen LogP contribution in [-0.4, -0.2) is 29.8 Å². The highest BCUT2D eigenvalue weighted by atomic mass is 16.1. The molecule has 1 aromatic heterocycles. The van der Waals surface area contributed by atoms with Crippen molar-refractivity contribution in [3.63, 3.8) is 0 Å². The van der Waals surface area contributed by atoms with E-state index >= 15 is 0 Å². The van der Waals surface area contributed by atoms with Gasteiger partial charge < -0.3 is 4.90 Å². The quantitative estimate of drug-likeness (QED) is 0.707. The van der Waals surface area contributed by atoms with Gasteiger partial charge in [0.2, 0.25) is 0 Å². The van der Waals surface area contributed by atoms with Crippen molar-refractivity contribution in [1.29, 1.82) is 0 Å². The van der Waals surface area contributed by atoms with Gasteiger partial charge in [-0.3, -0.25) is 9.78 Å². The summed E-state index contributed by atoms with van der Waals surface area (Å²) in [4.78, 5) is 18.0. The normalized spacial score (nSPS) is 11.4. The van der Waals surface area contributed by atoms with E-state index in [9.17, 15) is 4.79 Å². The number of unbranched alkanes of at least 4 members (excludes halogenated alkanes) is 1. The molecule has 0 saturated heterocycles. The Hall–Kier alpha value is -1.64. The number of hydrogen-bond acceptors (Lipinski definition) is 3. The van der Waals surface area contributed by atoms with E-state index in [1.807, 2.05) is 37.3 Å². The number of aromatic nitrogens is 1. The van der Waals surface area contributed by atoms with E-state index in [2.05, 4.69) is 11.9 Å². The maximum absolute atomic E-state index is 12.1. The molecule has 3 heteroatoms. The first kappa shape index (κ1) is 13.4. The second kappa shape index (κ2) is 6.84. The Kier molecular flexibility index (Phi) is 5.40. The van der Waals surface area contributed by atoms with E-state index < -0.39 is 0 Å². The summed E-state index contributed by atoms with van der Waals surface area (Å²) in [6.45, 7) is 2.09. The molecule has 1 heterocycles. The van der Waals surface area contributed by atoms with Crippen LogP contribution in [0.1, 0.15) is 31.7 Å². The van der Waals surface area contributed by atoms with Crippen LogP contribution in [0.4, 0.5) is 0 Å². The lowest BCUT2D eigenvalue weighted by Crippen LogP contribution is -2.09. The molecule has 0 aliphatic rings. The van der Waals surface area contributed by atoms with Gasteiger partial charge >= 0.3 is 0 Å². The van der Waals surface area contributed by atoms with Crippen molar-refractivity contribution < 1.29 is 4.79 Å². The number of Topliss-reactive ketones (excluding diaryl/α,β-unsaturated/α-hetero) is 1. The van der Waals surface area contributed by atoms with Crippen molar-refractivity contribution >= 4 is 11.4 Å². The van der Waals surface area contributed by atoms with E-state index in [0.29, 0.717) is 6.42 Å². The molecule has 0 bridgehead atoms. The Morgan fingerprint density at radius 1 is 1.35 bits per heavy atom. The van der Waals surface area contributed by atoms with Gasteiger partial charge in [-0.2, -0.15) is 0 Å². The molecule has 0 spiro atoms. The lowest BCUT2D eigenvalue weighted by molar-refractivity contribution is -0.113. The third kappa shape index (κ3) is 4.39. The topological polar surface area (TPSA) is 33.2 Å². The number of pyridine rings is 1. The van der Waals surface area contributed by atoms with Crippen LogP contribution in [0.25, 0.3) is 5.57 Å². The molecule has 1 rings (SSSR count). The predicted molar refractivity (Wildman–Crippen MR) is 70.4 cm³/mol. The third-order valence-corrected chi connectivity index (χ3v) is 2.44. The molecule has 0 N–H and O–H groups in total. The first-order valence-corrected chi connectivity index (χ1v) is 5.97. The van der Waals surface area contributed by atoms with E-state index in [-0.39, 0.29) is 5.78 Å². The van der Waals surface area contributed by atoms with Gasteiger partial charge in [-0.1, -0.05) is 13.3 Å². The van der Waals surface area contributed by atoms with E-state index in [4.69, 9.17) is 0 Å². The second-order valence-electron chi connectivity index (χ2n) is 4.27. The summed E-state index contributed by atoms with van der Waals surface area (Å²) >= 11 is 0. The van der Waals surface area contributed by atoms with Gasteiger partial charge in [0.1, 0.15) is 0 Å². The summed E-state index contributed by atoms with van der Waals surface area (Å²) in [6.07, 6.45) is 7.90. The highest BCUT2D eigenvalue weighted by Crippen LogP contribution is 2.17. The Morgan fingerprint density at radius 2 is 2.00 bits per heavy atom. The van der Waals surface area contributed by atoms with Crippen LogP contribution in [0.2, 0.25) is 0 Å². The van der Waals surface area contributed by atoms with Crippen molar-refractivity contribution in [2.45, 2.75) is 26.2 Å². The van der Waals surface area contributed by atoms with Gasteiger partial charge in [-0.25, -0.2) is 0 Å². The summed E-state index contributed by atoms with van der Waals surface area (Å²) in [5.41, 5.74) is 1.71. The Bertz CT molecular complexity index is 382. The molecular formula is C14H20N2O. The summed E-state index contributed by atoms with van der Waals surface area (Å²) in [5.74, 6) is 0.201. The molecule has 0 fully saturated rings. The molecule has 0 atom stereocenters. The maximum Gasteiger partial charge on any atom is 0.164 e. The number of nitrogens with zero attached hydrogens (tertiary/aromatic N) is 2. The van der Waals surface area contributed by atoms with Crippen molar-refractivity contribution in [3.05, 3.63) is 36.3 Å². The molecular weight excluding hydrogens is 212 g/mol. The summed E-state index contributed by atoms with van der Waals surface area (Å²) in [7, 11) is 3.85. The van der Waals surface area contributed by atoms with Gasteiger partial charge in [-0.15, -0.1) is 0 Å². The molecule has 17 heavy (non-hydrogen) atoms. The lowest BCUT2D eigenvalue weighted by atomic mass is 10.00. The zero-order valence-electron chi connectivity index (χ0n) is 10.8. The molecule has 0 aliphatic carbocycles. The molecule has 0 saturated carbocycles. The van der Waals surface area contributed by atoms with Crippen LogP contribution in [-0.2, 0) is 4.79 Å². The second-order valence-corrected chi connectivity index (χ2v) is 4.27. The predicted octanol–water partition coefficient (Wildman–Crippen LogP) is 2.74. The minimum atomic E-state index is 0.201. The number of ketones is 1. The molecule has 0 unspecified atom stereocenters. The molecule has 92 valence electrons. The first-order valence-electron chi connectivity index (χ1n) is 5.97. The largest absolute Gasteiger partial charge is 0.383 e. The summed E-state index contributed by atoms with van der Waals surface area (Å²) < 4.78 is 0. The Balaban J connectivity index is 2.93. The van der Waals surface area contributed by atoms with Crippen LogP contribution in [0.5, 0.6) is 0 Å². The molecule has 0 aromatic carbocycles. The SMILES string of the molecule is CCCCC(=O)C(=CN(C)C)c1ccncc1. The van der Waals surface area contributed by atoms with Crippen LogP contribution >= 0.6 is 0 Å². The highest BCUT2D eigenvalue weighted by molar-refractivity contribution is 6.20. The average Bonchev–Trinajstić information content (AvgIpc) is 2.34. The van der Waals surface area contributed by atoms with Crippen molar-refractivity contribution in [2.75, 3.05) is 14.1 Å². The van der Waals surface area contributed by atoms with Crippen LogP contribution in [0.3, 0.4) is 0 Å². The monoisotopic (exact) mass is 232 g/mol. The third-order valence-electron chi connectivity index (χ3n) is 2.44. The molecule has 0 radical (unpaired) electrons. The van der Waals surface area contributed by atoms with Crippen molar-refractivity contribution in [3.8, 4) is 0 Å². The van der Waals surface area contributed by atoms with Gasteiger partial charge in [0, 0.05) is 44.7 Å². The Morgan fingerprint density at radius 3 is 2.53 bits per heavy atom. The number of rotatable bonds is 6. The van der Waals surface area contributed by atoms with Crippen molar-refractivity contribution in [2.24, 2.45) is 0 Å². The van der Waals surface area contributed by atoms with Gasteiger partial charge in [0.15, 0.2) is 5.78 Å². The number of allylic oxidation sites excluding steroid dienone is 1. The first-order chi connectivity index (χ1) is 8.15. The summed E-state index contributed by atoms with van der Waals surface area (Å²) in [5, 5.41) is 0. The van der Waals surface area contributed by atoms with Crippen LogP contribution < -0.4 is 0 Å². The zero-order valence-corrected chi connectivity index (χ0v) is 10.8. The minimum Gasteiger partial charge on any atom is -0.383 e. The summed E-state index contributed by atoms with van der Waals surface area (Å²) in [6, 6.07) is 3.75. The van der Waals surface area contributed by atoms with E-state index in [1.54, 1.807) is 12.4 Å². The molecule has 3 nitrogen and oxygen atoms in total. The van der Waals surface area contributed by atoms with Crippen molar-refractivity contribution in [1.82, 2.24) is 9.88 Å². The zero-order chi connectivity index (χ0) is 12.7. The van der Waals surface area contributed by atoms with Gasteiger partial charge in [0.25, 0.3) is 0 Å². The number of hydrogen-bond donors (Lipinski definition) is 0. The van der Waals surface area contributed by atoms with Gasteiger partial charge in [-0.05, 0) is 24.1 Å². The minimum absolute atomic E-state index is 0.201. The maximum atomic E-state index is 12.1. The fourth-order valence-corrected chi connectivity index (χ4v) is 1.57. The molecule has 0 amide bonds. The van der Waals surface area contributed by atoms with Crippen LogP contribution in [0, 0.1) is 0 Å². The highest BCUT2D eigenvalue weighted by Gasteiger charge is 2.11. The van der Waals surface area contributed by atoms with Gasteiger partial charge in [0.05, 0.1) is 0 Å². The standard InChI is InChI=1S/C14H20N2O/c1-4-5-6-14(17)13(11-16(2)3)12-7-9-15-10-8-12/h7-11H,4-6H2,1-3H3. The van der Waals surface area contributed by atoms with Crippen LogP contribution in [0.15, 0.2) is 30.7 Å². The fraction of sp³-hybridized carbons (Fsp3) is 0.429. The van der Waals surface area contributed by atoms with E-state index in [0.717, 1.165) is 24.0 Å². The molecule has 0 aliphatic heterocycles. The number of carbonyl (C=O) groups excluding carboxylic acids is 1. The van der Waals surface area contributed by atoms with E-state index in [1.165, 1.54) is 0 Å². The lowest BCUT2D eigenvalue weighted by Gasteiger charge is -2.11. The molecule has 1 aromatic rings. The average molecular weight is 232 g/mol. The Labute approximate surface area is 103 Å². The fourth-order valence-electron chi connectivity index (χ4n) is 1.57. The number of carbonyl (C=O) groups is 1.